The van der Waals surface area contributed by atoms with Gasteiger partial charge in [-0.2, -0.15) is 0 Å². The molecule has 1 aliphatic heterocycles. The highest BCUT2D eigenvalue weighted by molar-refractivity contribution is 5.67. The molecule has 35 heavy (non-hydrogen) atoms. The number of carbonyl (C=O) groups excluding carboxylic acids is 2. The van der Waals surface area contributed by atoms with E-state index < -0.39 is 46.9 Å². The van der Waals surface area contributed by atoms with Crippen molar-refractivity contribution in [2.45, 2.75) is 77.3 Å². The molecule has 2 aromatic rings. The van der Waals surface area contributed by atoms with Crippen molar-refractivity contribution in [2.24, 2.45) is 11.8 Å². The van der Waals surface area contributed by atoms with Gasteiger partial charge in [0.15, 0.2) is 0 Å². The van der Waals surface area contributed by atoms with Gasteiger partial charge in [-0.25, -0.2) is 4.79 Å². The Kier molecular flexibility index (Phi) is 6.48. The van der Waals surface area contributed by atoms with Crippen LogP contribution in [0.15, 0.2) is 39.8 Å². The van der Waals surface area contributed by atoms with Crippen molar-refractivity contribution in [3.8, 4) is 17.1 Å². The minimum absolute atomic E-state index is 0.0213. The summed E-state index contributed by atoms with van der Waals surface area (Å²) in [6.07, 6.45) is 2.46. The van der Waals surface area contributed by atoms with E-state index >= 15 is 0 Å². The summed E-state index contributed by atoms with van der Waals surface area (Å²) in [5.74, 6) is -1.34. The van der Waals surface area contributed by atoms with Gasteiger partial charge >= 0.3 is 17.6 Å². The summed E-state index contributed by atoms with van der Waals surface area (Å²) in [4.78, 5) is 41.0. The molecular formula is C26H31NO8. The molecule has 0 saturated heterocycles. The van der Waals surface area contributed by atoms with Crippen molar-refractivity contribution in [2.75, 3.05) is 0 Å². The quantitative estimate of drug-likeness (QED) is 0.633. The molecule has 188 valence electrons. The Hall–Kier alpha value is -3.20. The molecule has 0 unspecified atom stereocenters. The first-order valence-electron chi connectivity index (χ1n) is 11.8. The highest BCUT2D eigenvalue weighted by Gasteiger charge is 2.60. The van der Waals surface area contributed by atoms with Gasteiger partial charge in [0.2, 0.25) is 0 Å². The molecule has 9 nitrogen and oxygen atoms in total. The zero-order valence-electron chi connectivity index (χ0n) is 20.6. The van der Waals surface area contributed by atoms with Crippen LogP contribution in [0.3, 0.4) is 0 Å². The minimum Gasteiger partial charge on any atom is -0.482 e. The van der Waals surface area contributed by atoms with Gasteiger partial charge in [0, 0.05) is 49.7 Å². The molecule has 0 amide bonds. The van der Waals surface area contributed by atoms with Gasteiger partial charge < -0.3 is 23.7 Å². The van der Waals surface area contributed by atoms with Gasteiger partial charge in [-0.1, -0.05) is 6.92 Å². The number of aliphatic hydroxyl groups excluding tert-OH is 1. The topological polar surface area (TPSA) is 125 Å². The van der Waals surface area contributed by atoms with E-state index in [1.807, 2.05) is 13.8 Å². The molecule has 1 fully saturated rings. The van der Waals surface area contributed by atoms with Crippen LogP contribution in [0.5, 0.6) is 5.75 Å². The van der Waals surface area contributed by atoms with E-state index in [4.69, 9.17) is 18.6 Å². The number of nitrogens with zero attached hydrogens (tertiary/aromatic N) is 1. The van der Waals surface area contributed by atoms with Crippen molar-refractivity contribution in [1.29, 1.82) is 0 Å². The lowest BCUT2D eigenvalue weighted by Gasteiger charge is -2.54. The van der Waals surface area contributed by atoms with Crippen LogP contribution in [0.25, 0.3) is 11.3 Å². The van der Waals surface area contributed by atoms with Gasteiger partial charge in [0.1, 0.15) is 34.4 Å². The highest BCUT2D eigenvalue weighted by atomic mass is 16.6. The van der Waals surface area contributed by atoms with Crippen LogP contribution in [-0.2, 0) is 19.1 Å². The molecule has 9 heteroatoms. The third-order valence-corrected chi connectivity index (χ3v) is 7.57. The predicted octanol–water partition coefficient (Wildman–Crippen LogP) is 3.58. The van der Waals surface area contributed by atoms with Crippen LogP contribution in [0.2, 0.25) is 0 Å². The Bertz CT molecular complexity index is 1180. The lowest BCUT2D eigenvalue weighted by molar-refractivity contribution is -0.209. The number of hydrogen-bond donors (Lipinski definition) is 1. The zero-order chi connectivity index (χ0) is 25.5. The van der Waals surface area contributed by atoms with Gasteiger partial charge in [0.25, 0.3) is 0 Å². The molecule has 2 aromatic heterocycles. The van der Waals surface area contributed by atoms with E-state index in [2.05, 4.69) is 4.98 Å². The molecule has 0 radical (unpaired) electrons. The largest absolute Gasteiger partial charge is 0.482 e. The lowest BCUT2D eigenvalue weighted by atomic mass is 9.61. The van der Waals surface area contributed by atoms with Crippen LogP contribution in [0.1, 0.15) is 65.5 Å². The van der Waals surface area contributed by atoms with Gasteiger partial charge in [0.05, 0.1) is 6.10 Å². The van der Waals surface area contributed by atoms with Crippen LogP contribution < -0.4 is 10.4 Å². The second kappa shape index (κ2) is 9.11. The van der Waals surface area contributed by atoms with E-state index in [0.29, 0.717) is 24.8 Å². The summed E-state index contributed by atoms with van der Waals surface area (Å²) in [7, 11) is 0. The lowest BCUT2D eigenvalue weighted by Crippen LogP contribution is -2.62. The first-order valence-corrected chi connectivity index (χ1v) is 11.8. The van der Waals surface area contributed by atoms with Gasteiger partial charge in [-0.3, -0.25) is 14.6 Å². The Morgan fingerprint density at radius 3 is 2.63 bits per heavy atom. The molecule has 4 rings (SSSR count). The number of pyridine rings is 1. The molecule has 3 heterocycles. The number of esters is 2. The second-order valence-electron chi connectivity index (χ2n) is 9.78. The summed E-state index contributed by atoms with van der Waals surface area (Å²) in [5.41, 5.74) is -2.08. The van der Waals surface area contributed by atoms with E-state index in [1.54, 1.807) is 37.5 Å². The summed E-state index contributed by atoms with van der Waals surface area (Å²) in [6, 6.07) is 5.02. The maximum Gasteiger partial charge on any atom is 0.345 e. The van der Waals surface area contributed by atoms with Crippen LogP contribution in [0.4, 0.5) is 0 Å². The summed E-state index contributed by atoms with van der Waals surface area (Å²) >= 11 is 0. The first kappa shape index (κ1) is 24.9. The number of ether oxygens (including phenoxy) is 3. The Labute approximate surface area is 203 Å². The fourth-order valence-corrected chi connectivity index (χ4v) is 5.51. The Morgan fingerprint density at radius 2 is 2.03 bits per heavy atom. The summed E-state index contributed by atoms with van der Waals surface area (Å²) in [5, 5.41) is 11.5. The molecule has 2 aliphatic rings. The number of carbonyl (C=O) groups is 2. The molecule has 0 bridgehead atoms. The average molecular weight is 486 g/mol. The third-order valence-electron chi connectivity index (χ3n) is 7.57. The van der Waals surface area contributed by atoms with Gasteiger partial charge in [-0.15, -0.1) is 0 Å². The molecule has 1 aliphatic carbocycles. The third kappa shape index (κ3) is 4.45. The van der Waals surface area contributed by atoms with E-state index in [-0.39, 0.29) is 23.0 Å². The molecule has 0 spiro atoms. The fourth-order valence-electron chi connectivity index (χ4n) is 5.51. The number of hydrogen-bond acceptors (Lipinski definition) is 9. The number of fused-ring (bicyclic) bond motifs is 2. The normalized spacial score (nSPS) is 29.1. The Morgan fingerprint density at radius 1 is 1.29 bits per heavy atom. The van der Waals surface area contributed by atoms with Crippen molar-refractivity contribution >= 4 is 11.9 Å². The smallest absolute Gasteiger partial charge is 0.345 e. The molecular weight excluding hydrogens is 454 g/mol. The molecule has 0 aromatic carbocycles. The molecule has 6 atom stereocenters. The number of aromatic nitrogens is 1. The van der Waals surface area contributed by atoms with Crippen LogP contribution >= 0.6 is 0 Å². The summed E-state index contributed by atoms with van der Waals surface area (Å²) < 4.78 is 23.3. The fraction of sp³-hybridized carbons (Fsp3) is 0.538. The first-order chi connectivity index (χ1) is 16.5. The Balaban J connectivity index is 1.79. The predicted molar refractivity (Wildman–Crippen MR) is 124 cm³/mol. The average Bonchev–Trinajstić information content (AvgIpc) is 2.79. The van der Waals surface area contributed by atoms with E-state index in [0.717, 1.165) is 0 Å². The van der Waals surface area contributed by atoms with E-state index in [9.17, 15) is 19.5 Å². The van der Waals surface area contributed by atoms with Gasteiger partial charge in [-0.05, 0) is 45.2 Å². The SMILES string of the molecule is CC[C@](C)(OC(C)=O)[C@H]1C[C@@H](OC(C)=O)[C@]2(C)Oc3cc(-c4cccnc4)oc(=O)c3[C@@H](O)[C@@H]2C1. The maximum absolute atomic E-state index is 13.0. The second-order valence-corrected chi connectivity index (χ2v) is 9.78. The van der Waals surface area contributed by atoms with Crippen molar-refractivity contribution < 1.29 is 33.3 Å². The van der Waals surface area contributed by atoms with E-state index in [1.165, 1.54) is 13.8 Å². The number of aliphatic hydroxyl groups is 1. The van der Waals surface area contributed by atoms with Crippen molar-refractivity contribution in [3.05, 3.63) is 46.6 Å². The maximum atomic E-state index is 13.0. The highest BCUT2D eigenvalue weighted by Crippen LogP contribution is 2.54. The standard InChI is InChI=1S/C26H31NO8/c1-6-25(4,34-15(3)29)17-10-18-23(30)22-20(35-26(18,5)21(11-17)32-14(2)28)12-19(33-24(22)31)16-8-7-9-27-13-16/h7-9,12-13,17-18,21,23,30H,6,10-11H2,1-5H3/t17-,18+,21-,23+,25+,26-/m1/s1. The van der Waals surface area contributed by atoms with Crippen molar-refractivity contribution in [1.82, 2.24) is 4.98 Å². The zero-order valence-corrected chi connectivity index (χ0v) is 20.6. The van der Waals surface area contributed by atoms with Crippen molar-refractivity contribution in [3.63, 3.8) is 0 Å². The van der Waals surface area contributed by atoms with Crippen LogP contribution in [0, 0.1) is 11.8 Å². The van der Waals surface area contributed by atoms with Crippen LogP contribution in [-0.4, -0.2) is 39.3 Å². The minimum atomic E-state index is -1.23. The number of rotatable bonds is 5. The monoisotopic (exact) mass is 485 g/mol. The molecule has 1 N–H and O–H groups in total. The molecule has 1 saturated carbocycles. The summed E-state index contributed by atoms with van der Waals surface area (Å²) in [6.45, 7) is 8.20.